The second-order valence-electron chi connectivity index (χ2n) is 11.5. The number of hydrogen-bond acceptors (Lipinski definition) is 4. The Hall–Kier alpha value is -2.38. The summed E-state index contributed by atoms with van der Waals surface area (Å²) < 4.78 is 6.83. The number of aromatic nitrogens is 2. The highest BCUT2D eigenvalue weighted by atomic mass is 35.5. The Labute approximate surface area is 215 Å². The highest BCUT2D eigenvalue weighted by molar-refractivity contribution is 6.32. The lowest BCUT2D eigenvalue weighted by atomic mass is 9.84. The van der Waals surface area contributed by atoms with E-state index >= 15 is 0 Å². The molecule has 0 aliphatic rings. The Morgan fingerprint density at radius 1 is 1.17 bits per heavy atom. The summed E-state index contributed by atoms with van der Waals surface area (Å²) in [5.41, 5.74) is 1.39. The summed E-state index contributed by atoms with van der Waals surface area (Å²) in [6.07, 6.45) is 1.32. The van der Waals surface area contributed by atoms with Crippen LogP contribution in [0.15, 0.2) is 30.3 Å². The number of methoxy groups -OCH3 is 1. The Morgan fingerprint density at radius 3 is 2.40 bits per heavy atom. The van der Waals surface area contributed by atoms with Crippen molar-refractivity contribution in [3.63, 3.8) is 0 Å². The summed E-state index contributed by atoms with van der Waals surface area (Å²) in [5.74, 6) is 0.371. The monoisotopic (exact) mass is 504 g/mol. The van der Waals surface area contributed by atoms with Crippen molar-refractivity contribution in [1.82, 2.24) is 14.7 Å². The number of anilines is 1. The number of benzene rings is 1. The Bertz CT molecular complexity index is 1000. The average Bonchev–Trinajstić information content (AvgIpc) is 3.13. The van der Waals surface area contributed by atoms with E-state index < -0.39 is 0 Å². The van der Waals surface area contributed by atoms with Crippen molar-refractivity contribution < 1.29 is 14.3 Å². The highest BCUT2D eigenvalue weighted by Crippen LogP contribution is 2.29. The molecule has 2 aromatic rings. The zero-order valence-electron chi connectivity index (χ0n) is 22.4. The minimum absolute atomic E-state index is 0.0519. The van der Waals surface area contributed by atoms with E-state index in [0.29, 0.717) is 36.1 Å². The maximum Gasteiger partial charge on any atom is 0.245 e. The number of nitrogens with zero attached hydrogens (tertiary/aromatic N) is 3. The number of carbonyl (C=O) groups excluding carboxylic acids is 2. The van der Waals surface area contributed by atoms with Crippen LogP contribution < -0.4 is 5.32 Å². The largest absolute Gasteiger partial charge is 0.383 e. The molecule has 35 heavy (non-hydrogen) atoms. The van der Waals surface area contributed by atoms with Gasteiger partial charge >= 0.3 is 0 Å². The molecule has 1 aromatic heterocycles. The first-order valence-electron chi connectivity index (χ1n) is 12.1. The Balaban J connectivity index is 2.23. The van der Waals surface area contributed by atoms with Gasteiger partial charge in [-0.15, -0.1) is 0 Å². The van der Waals surface area contributed by atoms with Crippen molar-refractivity contribution in [2.45, 2.75) is 66.7 Å². The maximum absolute atomic E-state index is 13.1. The Kier molecular flexibility index (Phi) is 9.93. The standard InChI is InChI=1S/C27H41ClN4O3/c1-19(17-26(2,3)4)15-25(34)31(13-14-35-8)18-24(33)29-23-16-22(27(5,6)7)30-32(23)21-12-10-9-11-20(21)28/h9-12,16,19H,13-15,17-18H2,1-8H3,(H,29,33). The van der Waals surface area contributed by atoms with Crippen molar-refractivity contribution >= 4 is 29.2 Å². The van der Waals surface area contributed by atoms with Crippen molar-refractivity contribution in [3.8, 4) is 5.69 Å². The van der Waals surface area contributed by atoms with Gasteiger partial charge in [0.05, 0.1) is 29.6 Å². The molecule has 7 nitrogen and oxygen atoms in total. The van der Waals surface area contributed by atoms with Gasteiger partial charge in [0.25, 0.3) is 0 Å². The smallest absolute Gasteiger partial charge is 0.245 e. The minimum Gasteiger partial charge on any atom is -0.383 e. The summed E-state index contributed by atoms with van der Waals surface area (Å²) in [5, 5.41) is 8.19. The highest BCUT2D eigenvalue weighted by Gasteiger charge is 2.25. The van der Waals surface area contributed by atoms with E-state index in [1.54, 1.807) is 22.8 Å². The molecule has 2 rings (SSSR count). The number of rotatable bonds is 10. The van der Waals surface area contributed by atoms with Crippen LogP contribution in [0.5, 0.6) is 0 Å². The van der Waals surface area contributed by atoms with Gasteiger partial charge in [-0.25, -0.2) is 4.68 Å². The third-order valence-electron chi connectivity index (χ3n) is 5.56. The van der Waals surface area contributed by atoms with Gasteiger partial charge in [0.15, 0.2) is 0 Å². The summed E-state index contributed by atoms with van der Waals surface area (Å²) in [6.45, 7) is 15.4. The molecule has 2 amide bonds. The van der Waals surface area contributed by atoms with Crippen LogP contribution in [0.25, 0.3) is 5.69 Å². The fourth-order valence-electron chi connectivity index (χ4n) is 4.04. The topological polar surface area (TPSA) is 76.5 Å². The number of ether oxygens (including phenoxy) is 1. The van der Waals surface area contributed by atoms with E-state index in [9.17, 15) is 9.59 Å². The molecule has 0 bridgehead atoms. The van der Waals surface area contributed by atoms with Crippen LogP contribution in [0.2, 0.25) is 5.02 Å². The molecule has 0 spiro atoms. The third-order valence-corrected chi connectivity index (χ3v) is 5.88. The van der Waals surface area contributed by atoms with Crippen LogP contribution in [-0.2, 0) is 19.7 Å². The summed E-state index contributed by atoms with van der Waals surface area (Å²) in [4.78, 5) is 27.7. The molecule has 0 aliphatic carbocycles. The fraction of sp³-hybridized carbons (Fsp3) is 0.593. The van der Waals surface area contributed by atoms with E-state index in [1.807, 2.05) is 24.3 Å². The molecule has 0 fully saturated rings. The second-order valence-corrected chi connectivity index (χ2v) is 11.9. The van der Waals surface area contributed by atoms with Gasteiger partial charge in [-0.2, -0.15) is 5.10 Å². The van der Waals surface area contributed by atoms with Gasteiger partial charge in [-0.3, -0.25) is 9.59 Å². The first-order chi connectivity index (χ1) is 16.2. The van der Waals surface area contributed by atoms with E-state index in [-0.39, 0.29) is 35.1 Å². The molecule has 0 radical (unpaired) electrons. The number of halogens is 1. The fourth-order valence-corrected chi connectivity index (χ4v) is 4.25. The van der Waals surface area contributed by atoms with Crippen molar-refractivity contribution in [2.75, 3.05) is 32.1 Å². The SMILES string of the molecule is COCCN(CC(=O)Nc1cc(C(C)(C)C)nn1-c1ccccc1Cl)C(=O)CC(C)CC(C)(C)C. The van der Waals surface area contributed by atoms with E-state index in [0.717, 1.165) is 12.1 Å². The quantitative estimate of drug-likeness (QED) is 0.450. The van der Waals surface area contributed by atoms with Crippen LogP contribution >= 0.6 is 11.6 Å². The number of carbonyl (C=O) groups is 2. The summed E-state index contributed by atoms with van der Waals surface area (Å²) >= 11 is 6.43. The molecular weight excluding hydrogens is 464 g/mol. The number of amides is 2. The van der Waals surface area contributed by atoms with E-state index in [4.69, 9.17) is 21.4 Å². The number of nitrogens with one attached hydrogen (secondary N) is 1. The van der Waals surface area contributed by atoms with Crippen molar-refractivity contribution in [1.29, 1.82) is 0 Å². The molecule has 1 N–H and O–H groups in total. The van der Waals surface area contributed by atoms with Gasteiger partial charge < -0.3 is 15.0 Å². The first kappa shape index (κ1) is 28.9. The summed E-state index contributed by atoms with van der Waals surface area (Å²) in [6, 6.07) is 9.20. The minimum atomic E-state index is -0.299. The number of para-hydroxylation sites is 1. The second kappa shape index (κ2) is 12.0. The van der Waals surface area contributed by atoms with Crippen molar-refractivity contribution in [3.05, 3.63) is 41.0 Å². The lowest BCUT2D eigenvalue weighted by molar-refractivity contribution is -0.136. The lowest BCUT2D eigenvalue weighted by Gasteiger charge is -2.26. The van der Waals surface area contributed by atoms with Crippen LogP contribution in [0.1, 0.15) is 67.0 Å². The maximum atomic E-state index is 13.1. The molecule has 8 heteroatoms. The van der Waals surface area contributed by atoms with Gasteiger partial charge in [0.2, 0.25) is 11.8 Å². The Morgan fingerprint density at radius 2 is 1.83 bits per heavy atom. The normalized spacial score (nSPS) is 12.9. The molecule has 1 heterocycles. The first-order valence-corrected chi connectivity index (χ1v) is 12.5. The van der Waals surface area contributed by atoms with Gasteiger partial charge in [0, 0.05) is 31.6 Å². The predicted molar refractivity (Wildman–Crippen MR) is 142 cm³/mol. The molecule has 0 aliphatic heterocycles. The van der Waals surface area contributed by atoms with Gasteiger partial charge in [0.1, 0.15) is 5.82 Å². The average molecular weight is 505 g/mol. The summed E-state index contributed by atoms with van der Waals surface area (Å²) in [7, 11) is 1.58. The number of hydrogen-bond donors (Lipinski definition) is 1. The van der Waals surface area contributed by atoms with Crippen LogP contribution in [-0.4, -0.2) is 53.3 Å². The predicted octanol–water partition coefficient (Wildman–Crippen LogP) is 5.70. The zero-order chi connectivity index (χ0) is 26.4. The van der Waals surface area contributed by atoms with Crippen LogP contribution in [0.4, 0.5) is 5.82 Å². The van der Waals surface area contributed by atoms with Gasteiger partial charge in [-0.05, 0) is 29.9 Å². The van der Waals surface area contributed by atoms with E-state index in [1.165, 1.54) is 0 Å². The molecule has 1 unspecified atom stereocenters. The lowest BCUT2D eigenvalue weighted by Crippen LogP contribution is -2.40. The molecule has 1 atom stereocenters. The van der Waals surface area contributed by atoms with Crippen LogP contribution in [0.3, 0.4) is 0 Å². The third kappa shape index (κ3) is 8.97. The molecule has 0 saturated carbocycles. The van der Waals surface area contributed by atoms with Crippen molar-refractivity contribution in [2.24, 2.45) is 11.3 Å². The van der Waals surface area contributed by atoms with Gasteiger partial charge in [-0.1, -0.05) is 72.2 Å². The molecular formula is C27H41ClN4O3. The molecule has 1 aromatic carbocycles. The zero-order valence-corrected chi connectivity index (χ0v) is 23.2. The molecule has 194 valence electrons. The van der Waals surface area contributed by atoms with Crippen LogP contribution in [0, 0.1) is 11.3 Å². The van der Waals surface area contributed by atoms with E-state index in [2.05, 4.69) is 53.8 Å². The molecule has 0 saturated heterocycles.